The first kappa shape index (κ1) is 21.3. The standard InChI is InChI=1S/C20H17ClN2O4S3/c21-12-3-5-13(6-4-12)29-9-11-10-30-19-16(18(25)23(19)17(11)20(26)27)22-15(24)8-14-2-1-7-28-14/h1-7,16,19H,8-10H2,(H,22,24)(H,26,27)/t16?,19-/m1/s1. The summed E-state index contributed by atoms with van der Waals surface area (Å²) in [6.07, 6.45) is 0.212. The number of nitrogens with one attached hydrogen (secondary N) is 1. The summed E-state index contributed by atoms with van der Waals surface area (Å²) in [4.78, 5) is 40.1. The van der Waals surface area contributed by atoms with Crippen molar-refractivity contribution in [3.05, 3.63) is 62.9 Å². The van der Waals surface area contributed by atoms with Gasteiger partial charge in [0.25, 0.3) is 5.91 Å². The number of carbonyl (C=O) groups excluding carboxylic acids is 2. The zero-order valence-electron chi connectivity index (χ0n) is 15.5. The summed E-state index contributed by atoms with van der Waals surface area (Å²) >= 11 is 10.4. The van der Waals surface area contributed by atoms with Crippen molar-refractivity contribution in [2.24, 2.45) is 0 Å². The monoisotopic (exact) mass is 480 g/mol. The van der Waals surface area contributed by atoms with Gasteiger partial charge < -0.3 is 10.4 Å². The Balaban J connectivity index is 1.43. The number of carboxylic acid groups (broad SMARTS) is 1. The van der Waals surface area contributed by atoms with E-state index in [2.05, 4.69) is 5.32 Å². The second kappa shape index (κ2) is 9.05. The van der Waals surface area contributed by atoms with E-state index in [1.807, 2.05) is 29.6 Å². The number of hydrogen-bond donors (Lipinski definition) is 2. The first-order chi connectivity index (χ1) is 14.4. The number of rotatable bonds is 7. The number of halogens is 1. The number of benzene rings is 1. The van der Waals surface area contributed by atoms with Crippen molar-refractivity contribution in [3.63, 3.8) is 0 Å². The maximum absolute atomic E-state index is 12.7. The van der Waals surface area contributed by atoms with Crippen LogP contribution in [0.15, 0.2) is 57.9 Å². The van der Waals surface area contributed by atoms with Gasteiger partial charge in [0.2, 0.25) is 5.91 Å². The predicted octanol–water partition coefficient (Wildman–Crippen LogP) is 3.47. The number of thioether (sulfide) groups is 2. The summed E-state index contributed by atoms with van der Waals surface area (Å²) in [6.45, 7) is 0. The zero-order valence-corrected chi connectivity index (χ0v) is 18.7. The first-order valence-corrected chi connectivity index (χ1v) is 12.3. The molecule has 156 valence electrons. The van der Waals surface area contributed by atoms with Gasteiger partial charge in [0.1, 0.15) is 17.1 Å². The fraction of sp³-hybridized carbons (Fsp3) is 0.250. The number of hydrogen-bond acceptors (Lipinski definition) is 6. The average molecular weight is 481 g/mol. The zero-order chi connectivity index (χ0) is 21.3. The van der Waals surface area contributed by atoms with Crippen LogP contribution in [-0.2, 0) is 20.8 Å². The van der Waals surface area contributed by atoms with E-state index >= 15 is 0 Å². The van der Waals surface area contributed by atoms with E-state index in [-0.39, 0.29) is 29.3 Å². The molecule has 0 radical (unpaired) electrons. The quantitative estimate of drug-likeness (QED) is 0.466. The van der Waals surface area contributed by atoms with Crippen molar-refractivity contribution in [3.8, 4) is 0 Å². The summed E-state index contributed by atoms with van der Waals surface area (Å²) in [7, 11) is 0. The van der Waals surface area contributed by atoms with Crippen molar-refractivity contribution >= 4 is 64.2 Å². The average Bonchev–Trinajstić information content (AvgIpc) is 3.23. The van der Waals surface area contributed by atoms with Gasteiger partial charge in [-0.15, -0.1) is 34.9 Å². The van der Waals surface area contributed by atoms with Gasteiger partial charge in [-0.1, -0.05) is 17.7 Å². The maximum atomic E-state index is 12.7. The highest BCUT2D eigenvalue weighted by Crippen LogP contribution is 2.41. The van der Waals surface area contributed by atoms with Crippen LogP contribution in [0.2, 0.25) is 5.02 Å². The fourth-order valence-electron chi connectivity index (χ4n) is 3.29. The number of nitrogens with zero attached hydrogens (tertiary/aromatic N) is 1. The number of carboxylic acids is 1. The molecule has 0 aliphatic carbocycles. The molecule has 2 aliphatic heterocycles. The van der Waals surface area contributed by atoms with E-state index in [0.717, 1.165) is 9.77 Å². The van der Waals surface area contributed by atoms with Crippen LogP contribution in [0.5, 0.6) is 0 Å². The Morgan fingerprint density at radius 3 is 2.70 bits per heavy atom. The highest BCUT2D eigenvalue weighted by molar-refractivity contribution is 8.01. The van der Waals surface area contributed by atoms with E-state index in [1.165, 1.54) is 39.8 Å². The lowest BCUT2D eigenvalue weighted by Gasteiger charge is -2.49. The van der Waals surface area contributed by atoms with Gasteiger partial charge in [-0.3, -0.25) is 14.5 Å². The van der Waals surface area contributed by atoms with Gasteiger partial charge in [0.05, 0.1) is 6.42 Å². The topological polar surface area (TPSA) is 86.7 Å². The molecule has 1 fully saturated rings. The Morgan fingerprint density at radius 1 is 1.27 bits per heavy atom. The second-order valence-electron chi connectivity index (χ2n) is 6.71. The molecule has 2 N–H and O–H groups in total. The molecular formula is C20H17ClN2O4S3. The molecule has 4 rings (SSSR count). The minimum Gasteiger partial charge on any atom is -0.477 e. The third-order valence-corrected chi connectivity index (χ3v) is 8.27. The van der Waals surface area contributed by atoms with Crippen LogP contribution >= 0.6 is 46.5 Å². The molecule has 2 amide bonds. The Kier molecular flexibility index (Phi) is 6.43. The molecule has 0 saturated carbocycles. The summed E-state index contributed by atoms with van der Waals surface area (Å²) in [5.41, 5.74) is 0.731. The van der Waals surface area contributed by atoms with Gasteiger partial charge in [0.15, 0.2) is 0 Å². The van der Waals surface area contributed by atoms with E-state index in [4.69, 9.17) is 11.6 Å². The van der Waals surface area contributed by atoms with Crippen molar-refractivity contribution < 1.29 is 19.5 Å². The van der Waals surface area contributed by atoms with Crippen LogP contribution in [0.1, 0.15) is 4.88 Å². The van der Waals surface area contributed by atoms with E-state index < -0.39 is 12.0 Å². The molecule has 2 aromatic rings. The third kappa shape index (κ3) is 4.39. The van der Waals surface area contributed by atoms with Crippen LogP contribution in [0.25, 0.3) is 0 Å². The lowest BCUT2D eigenvalue weighted by Crippen LogP contribution is -2.70. The van der Waals surface area contributed by atoms with E-state index in [9.17, 15) is 19.5 Å². The third-order valence-electron chi connectivity index (χ3n) is 4.71. The van der Waals surface area contributed by atoms with Crippen LogP contribution < -0.4 is 5.32 Å². The van der Waals surface area contributed by atoms with Crippen molar-refractivity contribution in [1.82, 2.24) is 10.2 Å². The van der Waals surface area contributed by atoms with Gasteiger partial charge in [-0.25, -0.2) is 4.79 Å². The normalized spacial score (nSPS) is 20.6. The highest BCUT2D eigenvalue weighted by atomic mass is 35.5. The molecule has 0 bridgehead atoms. The number of carbonyl (C=O) groups is 3. The fourth-order valence-corrected chi connectivity index (χ4v) is 6.50. The molecule has 2 atom stereocenters. The SMILES string of the molecule is O=C(Cc1cccs1)NC1C(=O)N2C(C(=O)O)=C(CSc3ccc(Cl)cc3)CS[C@H]12. The Morgan fingerprint density at radius 2 is 2.03 bits per heavy atom. The number of fused-ring (bicyclic) bond motifs is 1. The number of amides is 2. The van der Waals surface area contributed by atoms with E-state index in [0.29, 0.717) is 22.1 Å². The van der Waals surface area contributed by atoms with Gasteiger partial charge >= 0.3 is 5.97 Å². The molecule has 30 heavy (non-hydrogen) atoms. The molecule has 3 heterocycles. The molecule has 2 aliphatic rings. The lowest BCUT2D eigenvalue weighted by molar-refractivity contribution is -0.150. The Labute approximate surface area is 190 Å². The predicted molar refractivity (Wildman–Crippen MR) is 120 cm³/mol. The van der Waals surface area contributed by atoms with Crippen molar-refractivity contribution in [2.45, 2.75) is 22.7 Å². The molecule has 10 heteroatoms. The number of aliphatic carboxylic acids is 1. The molecule has 1 saturated heterocycles. The number of thiophene rings is 1. The van der Waals surface area contributed by atoms with Crippen LogP contribution in [0.4, 0.5) is 0 Å². The van der Waals surface area contributed by atoms with Crippen LogP contribution in [-0.4, -0.2) is 50.7 Å². The molecule has 1 aromatic carbocycles. The summed E-state index contributed by atoms with van der Waals surface area (Å²) < 4.78 is 0. The number of β-lactam (4-membered cyclic amide) rings is 1. The molecule has 0 spiro atoms. The minimum absolute atomic E-state index is 0.0361. The Hall–Kier alpha value is -1.94. The maximum Gasteiger partial charge on any atom is 0.352 e. The summed E-state index contributed by atoms with van der Waals surface area (Å²) in [5, 5.41) is 14.7. The largest absolute Gasteiger partial charge is 0.477 e. The van der Waals surface area contributed by atoms with Crippen molar-refractivity contribution in [1.29, 1.82) is 0 Å². The summed E-state index contributed by atoms with van der Waals surface area (Å²) in [6, 6.07) is 10.4. The van der Waals surface area contributed by atoms with E-state index in [1.54, 1.807) is 12.1 Å². The smallest absolute Gasteiger partial charge is 0.352 e. The second-order valence-corrected chi connectivity index (χ2v) is 10.3. The van der Waals surface area contributed by atoms with Gasteiger partial charge in [-0.2, -0.15) is 0 Å². The molecule has 6 nitrogen and oxygen atoms in total. The first-order valence-electron chi connectivity index (χ1n) is 9.04. The molecule has 1 aromatic heterocycles. The van der Waals surface area contributed by atoms with Gasteiger partial charge in [0, 0.05) is 26.3 Å². The van der Waals surface area contributed by atoms with Crippen LogP contribution in [0, 0.1) is 0 Å². The van der Waals surface area contributed by atoms with Crippen molar-refractivity contribution in [2.75, 3.05) is 11.5 Å². The molecule has 1 unspecified atom stereocenters. The van der Waals surface area contributed by atoms with Gasteiger partial charge in [-0.05, 0) is 41.3 Å². The minimum atomic E-state index is -1.12. The highest BCUT2D eigenvalue weighted by Gasteiger charge is 2.54. The summed E-state index contributed by atoms with van der Waals surface area (Å²) in [5.74, 6) is -0.779. The van der Waals surface area contributed by atoms with Crippen LogP contribution in [0.3, 0.4) is 0 Å². The molecular weight excluding hydrogens is 464 g/mol. The lowest BCUT2D eigenvalue weighted by atomic mass is 10.0. The Bertz CT molecular complexity index is 1010.